The van der Waals surface area contributed by atoms with Crippen molar-refractivity contribution in [2.45, 2.75) is 33.6 Å². The molecule has 78 valence electrons. The fourth-order valence-electron chi connectivity index (χ4n) is 1.33. The van der Waals surface area contributed by atoms with E-state index in [0.717, 1.165) is 13.0 Å². The van der Waals surface area contributed by atoms with Gasteiger partial charge in [-0.25, -0.2) is 0 Å². The summed E-state index contributed by atoms with van der Waals surface area (Å²) in [4.78, 5) is 11.5. The van der Waals surface area contributed by atoms with Gasteiger partial charge in [-0.15, -0.1) is 0 Å². The van der Waals surface area contributed by atoms with Crippen molar-refractivity contribution in [3.63, 3.8) is 0 Å². The van der Waals surface area contributed by atoms with Crippen molar-refractivity contribution in [2.75, 3.05) is 13.2 Å². The van der Waals surface area contributed by atoms with Crippen molar-refractivity contribution in [3.05, 3.63) is 0 Å². The predicted molar refractivity (Wildman–Crippen MR) is 55.8 cm³/mol. The van der Waals surface area contributed by atoms with Crippen LogP contribution in [0.15, 0.2) is 0 Å². The van der Waals surface area contributed by atoms with Crippen LogP contribution in [-0.4, -0.2) is 19.0 Å². The number of carbonyl (C=O) groups excluding carboxylic acids is 1. The van der Waals surface area contributed by atoms with Crippen molar-refractivity contribution in [1.29, 1.82) is 0 Å². The van der Waals surface area contributed by atoms with Gasteiger partial charge in [0.2, 0.25) is 0 Å². The molecule has 1 fully saturated rings. The highest BCUT2D eigenvalue weighted by Crippen LogP contribution is 2.15. The zero-order chi connectivity index (χ0) is 10.6. The van der Waals surface area contributed by atoms with Crippen LogP contribution in [0, 0.1) is 23.2 Å². The first kappa shape index (κ1) is 11.3. The van der Waals surface area contributed by atoms with E-state index in [1.165, 1.54) is 0 Å². The van der Waals surface area contributed by atoms with E-state index in [0.29, 0.717) is 13.0 Å². The molecule has 0 aromatic heterocycles. The molecule has 14 heavy (non-hydrogen) atoms. The number of rotatable bonds is 2. The Kier molecular flexibility index (Phi) is 3.71. The van der Waals surface area contributed by atoms with E-state index in [1.807, 2.05) is 20.8 Å². The largest absolute Gasteiger partial charge is 0.381 e. The van der Waals surface area contributed by atoms with Gasteiger partial charge in [-0.2, -0.15) is 0 Å². The summed E-state index contributed by atoms with van der Waals surface area (Å²) in [6.45, 7) is 7.45. The zero-order valence-electron chi connectivity index (χ0n) is 9.22. The summed E-state index contributed by atoms with van der Waals surface area (Å²) in [5, 5.41) is 0. The minimum absolute atomic E-state index is 0.00748. The fraction of sp³-hybridized carbons (Fsp3) is 0.750. The van der Waals surface area contributed by atoms with Gasteiger partial charge < -0.3 is 4.74 Å². The highest BCUT2D eigenvalue weighted by atomic mass is 16.5. The number of ketones is 1. The van der Waals surface area contributed by atoms with Crippen LogP contribution in [0.5, 0.6) is 0 Å². The third-order valence-corrected chi connectivity index (χ3v) is 2.11. The molecule has 0 aromatic rings. The number of hydrogen-bond acceptors (Lipinski definition) is 2. The first-order chi connectivity index (χ1) is 6.49. The van der Waals surface area contributed by atoms with Gasteiger partial charge in [-0.05, 0) is 27.2 Å². The van der Waals surface area contributed by atoms with Crippen molar-refractivity contribution >= 4 is 5.78 Å². The molecule has 1 aliphatic heterocycles. The Balaban J connectivity index is 2.36. The number of ether oxygens (including phenoxy) is 1. The van der Waals surface area contributed by atoms with Crippen molar-refractivity contribution < 1.29 is 9.53 Å². The molecule has 1 saturated heterocycles. The molecule has 0 saturated carbocycles. The Morgan fingerprint density at radius 1 is 1.50 bits per heavy atom. The molecule has 1 unspecified atom stereocenters. The van der Waals surface area contributed by atoms with Crippen LogP contribution in [-0.2, 0) is 9.53 Å². The zero-order valence-corrected chi connectivity index (χ0v) is 9.22. The summed E-state index contributed by atoms with van der Waals surface area (Å²) < 4.78 is 5.16. The minimum Gasteiger partial charge on any atom is -0.381 e. The van der Waals surface area contributed by atoms with Gasteiger partial charge in [0.25, 0.3) is 0 Å². The summed E-state index contributed by atoms with van der Waals surface area (Å²) >= 11 is 0. The van der Waals surface area contributed by atoms with Gasteiger partial charge in [0, 0.05) is 17.9 Å². The molecule has 0 aromatic carbocycles. The monoisotopic (exact) mass is 194 g/mol. The lowest BCUT2D eigenvalue weighted by Crippen LogP contribution is -2.13. The fourth-order valence-corrected chi connectivity index (χ4v) is 1.33. The molecular formula is C12H18O2. The minimum atomic E-state index is -0.00748. The van der Waals surface area contributed by atoms with Crippen molar-refractivity contribution in [1.82, 2.24) is 0 Å². The van der Waals surface area contributed by atoms with Gasteiger partial charge >= 0.3 is 0 Å². The van der Waals surface area contributed by atoms with Crippen LogP contribution >= 0.6 is 0 Å². The third kappa shape index (κ3) is 3.93. The highest BCUT2D eigenvalue weighted by molar-refractivity contribution is 5.83. The predicted octanol–water partition coefficient (Wildman–Crippen LogP) is 2.03. The molecule has 0 radical (unpaired) electrons. The summed E-state index contributed by atoms with van der Waals surface area (Å²) in [6, 6.07) is 0. The Labute approximate surface area is 86.0 Å². The van der Waals surface area contributed by atoms with Crippen LogP contribution < -0.4 is 0 Å². The summed E-state index contributed by atoms with van der Waals surface area (Å²) in [6.07, 6.45) is 1.25. The van der Waals surface area contributed by atoms with Gasteiger partial charge in [0.15, 0.2) is 0 Å². The molecule has 2 heteroatoms. The van der Waals surface area contributed by atoms with Crippen LogP contribution in [0.25, 0.3) is 0 Å². The van der Waals surface area contributed by atoms with E-state index < -0.39 is 0 Å². The first-order valence-corrected chi connectivity index (χ1v) is 5.09. The maximum Gasteiger partial charge on any atom is 0.150 e. The molecule has 1 heterocycles. The van der Waals surface area contributed by atoms with Crippen LogP contribution in [0.1, 0.15) is 33.6 Å². The van der Waals surface area contributed by atoms with Crippen LogP contribution in [0.4, 0.5) is 0 Å². The van der Waals surface area contributed by atoms with E-state index in [1.54, 1.807) is 0 Å². The second kappa shape index (κ2) is 4.61. The Bertz CT molecular complexity index is 256. The number of hydrogen-bond donors (Lipinski definition) is 0. The standard InChI is InChI=1S/C12H18O2/c1-12(2,3)7-4-5-11(13)10-6-8-14-9-10/h10H,5-6,8-9H2,1-3H3. The van der Waals surface area contributed by atoms with E-state index in [4.69, 9.17) is 4.74 Å². The second-order valence-electron chi connectivity index (χ2n) is 4.76. The van der Waals surface area contributed by atoms with Gasteiger partial charge in [0.1, 0.15) is 5.78 Å². The smallest absolute Gasteiger partial charge is 0.150 e. The summed E-state index contributed by atoms with van der Waals surface area (Å²) in [5.41, 5.74) is -0.00748. The molecule has 1 aliphatic rings. The van der Waals surface area contributed by atoms with E-state index in [9.17, 15) is 4.79 Å². The molecule has 2 nitrogen and oxygen atoms in total. The maximum atomic E-state index is 11.5. The molecule has 1 rings (SSSR count). The lowest BCUT2D eigenvalue weighted by Gasteiger charge is -2.07. The average Bonchev–Trinajstić information content (AvgIpc) is 2.53. The topological polar surface area (TPSA) is 26.3 Å². The molecule has 0 amide bonds. The van der Waals surface area contributed by atoms with Crippen molar-refractivity contribution in [2.24, 2.45) is 11.3 Å². The Morgan fingerprint density at radius 2 is 2.21 bits per heavy atom. The summed E-state index contributed by atoms with van der Waals surface area (Å²) in [5.74, 6) is 6.35. The lowest BCUT2D eigenvalue weighted by atomic mass is 9.96. The van der Waals surface area contributed by atoms with Gasteiger partial charge in [0.05, 0.1) is 13.0 Å². The number of Topliss-reactive ketones (excluding diaryl/α,β-unsaturated/α-hetero) is 1. The molecule has 0 spiro atoms. The normalized spacial score (nSPS) is 21.5. The second-order valence-corrected chi connectivity index (χ2v) is 4.76. The average molecular weight is 194 g/mol. The first-order valence-electron chi connectivity index (χ1n) is 5.09. The SMILES string of the molecule is CC(C)(C)C#CCC(=O)C1CCOC1. The van der Waals surface area contributed by atoms with E-state index in [2.05, 4.69) is 11.8 Å². The Morgan fingerprint density at radius 3 is 2.71 bits per heavy atom. The highest BCUT2D eigenvalue weighted by Gasteiger charge is 2.22. The molecular weight excluding hydrogens is 176 g/mol. The van der Waals surface area contributed by atoms with Crippen LogP contribution in [0.3, 0.4) is 0 Å². The van der Waals surface area contributed by atoms with E-state index >= 15 is 0 Å². The maximum absolute atomic E-state index is 11.5. The van der Waals surface area contributed by atoms with E-state index in [-0.39, 0.29) is 17.1 Å². The molecule has 0 N–H and O–H groups in total. The van der Waals surface area contributed by atoms with Crippen LogP contribution in [0.2, 0.25) is 0 Å². The Hall–Kier alpha value is -0.810. The van der Waals surface area contributed by atoms with Gasteiger partial charge in [-0.3, -0.25) is 4.79 Å². The molecule has 1 atom stereocenters. The molecule has 0 bridgehead atoms. The summed E-state index contributed by atoms with van der Waals surface area (Å²) in [7, 11) is 0. The number of carbonyl (C=O) groups is 1. The molecule has 0 aliphatic carbocycles. The van der Waals surface area contributed by atoms with Gasteiger partial charge in [-0.1, -0.05) is 11.8 Å². The third-order valence-electron chi connectivity index (χ3n) is 2.11. The van der Waals surface area contributed by atoms with Crippen molar-refractivity contribution in [3.8, 4) is 11.8 Å². The quantitative estimate of drug-likeness (QED) is 0.629. The lowest BCUT2D eigenvalue weighted by molar-refractivity contribution is -0.121.